The molecule has 0 aliphatic heterocycles. The molecule has 1 aromatic carbocycles. The molecule has 12 heavy (non-hydrogen) atoms. The summed E-state index contributed by atoms with van der Waals surface area (Å²) in [5.74, 6) is 0. The van der Waals surface area contributed by atoms with Crippen molar-refractivity contribution in [3.63, 3.8) is 0 Å². The van der Waals surface area contributed by atoms with Gasteiger partial charge in [0.25, 0.3) is 0 Å². The summed E-state index contributed by atoms with van der Waals surface area (Å²) in [6.45, 7) is 0. The van der Waals surface area contributed by atoms with Crippen molar-refractivity contribution in [3.8, 4) is 5.06 Å². The third-order valence-electron chi connectivity index (χ3n) is 1.61. The monoisotopic (exact) mass is 178 g/mol. The third-order valence-corrected chi connectivity index (χ3v) is 2.64. The van der Waals surface area contributed by atoms with Gasteiger partial charge in [-0.15, -0.1) is 11.3 Å². The zero-order chi connectivity index (χ0) is 8.39. The van der Waals surface area contributed by atoms with Gasteiger partial charge >= 0.3 is 7.69 Å². The van der Waals surface area contributed by atoms with Gasteiger partial charge in [0.1, 0.15) is 0 Å². The molecule has 1 aromatic heterocycles. The number of fused-ring (bicyclic) bond motifs is 1. The second-order valence-electron chi connectivity index (χ2n) is 2.38. The van der Waals surface area contributed by atoms with Crippen LogP contribution in [0, 0.1) is 0 Å². The minimum absolute atomic E-state index is 0.257. The quantitative estimate of drug-likeness (QED) is 0.706. The number of thiophene rings is 1. The van der Waals surface area contributed by atoms with E-state index in [0.29, 0.717) is 0 Å². The summed E-state index contributed by atoms with van der Waals surface area (Å²) in [6.07, 6.45) is 0. The van der Waals surface area contributed by atoms with Crippen molar-refractivity contribution >= 4 is 29.1 Å². The van der Waals surface area contributed by atoms with Crippen LogP contribution in [-0.4, -0.2) is 12.7 Å². The summed E-state index contributed by atoms with van der Waals surface area (Å²) in [7, 11) is -0.257. The van der Waals surface area contributed by atoms with E-state index in [0.717, 1.165) is 10.4 Å². The molecular weight excluding hydrogens is 171 g/mol. The lowest BCUT2D eigenvalue weighted by Crippen LogP contribution is -1.97. The Morgan fingerprint density at radius 3 is 2.92 bits per heavy atom. The lowest BCUT2D eigenvalue weighted by atomic mass is 10.3. The predicted octanol–water partition coefficient (Wildman–Crippen LogP) is 1.54. The second kappa shape index (κ2) is 3.17. The smallest absolute Gasteiger partial charge is 0.504 e. The molecule has 60 valence electrons. The minimum atomic E-state index is -0.257. The Labute approximate surface area is 74.7 Å². The molecule has 0 aliphatic carbocycles. The van der Waals surface area contributed by atoms with Crippen molar-refractivity contribution < 1.29 is 9.68 Å². The molecule has 0 unspecified atom stereocenters. The van der Waals surface area contributed by atoms with E-state index in [9.17, 15) is 0 Å². The lowest BCUT2D eigenvalue weighted by Gasteiger charge is -1.91. The number of hydrogen-bond donors (Lipinski definition) is 1. The SMILES string of the molecule is OBOc1cc2ccccc2s1. The van der Waals surface area contributed by atoms with Crippen molar-refractivity contribution in [3.05, 3.63) is 30.3 Å². The van der Waals surface area contributed by atoms with Gasteiger partial charge in [-0.3, -0.25) is 0 Å². The summed E-state index contributed by atoms with van der Waals surface area (Å²) >= 11 is 1.54. The van der Waals surface area contributed by atoms with Gasteiger partial charge in [0.05, 0.1) is 0 Å². The van der Waals surface area contributed by atoms with E-state index >= 15 is 0 Å². The third kappa shape index (κ3) is 1.31. The first-order chi connectivity index (χ1) is 5.90. The van der Waals surface area contributed by atoms with Crippen molar-refractivity contribution in [1.82, 2.24) is 0 Å². The molecule has 0 spiro atoms. The number of hydrogen-bond acceptors (Lipinski definition) is 3. The van der Waals surface area contributed by atoms with Crippen molar-refractivity contribution in [2.75, 3.05) is 0 Å². The fourth-order valence-corrected chi connectivity index (χ4v) is 2.00. The summed E-state index contributed by atoms with van der Waals surface area (Å²) in [6, 6.07) is 9.95. The minimum Gasteiger partial charge on any atom is -0.531 e. The van der Waals surface area contributed by atoms with Gasteiger partial charge in [-0.05, 0) is 17.5 Å². The van der Waals surface area contributed by atoms with E-state index in [-0.39, 0.29) is 7.69 Å². The highest BCUT2D eigenvalue weighted by Gasteiger charge is 2.00. The molecule has 0 aliphatic rings. The first-order valence-electron chi connectivity index (χ1n) is 3.62. The van der Waals surface area contributed by atoms with Gasteiger partial charge in [-0.2, -0.15) is 0 Å². The standard InChI is InChI=1S/C8H7BO2S/c10-9-11-8-5-6-3-1-2-4-7(6)12-8/h1-5,9-10H. The van der Waals surface area contributed by atoms with E-state index in [4.69, 9.17) is 9.68 Å². The van der Waals surface area contributed by atoms with Crippen LogP contribution in [0.2, 0.25) is 0 Å². The van der Waals surface area contributed by atoms with Crippen LogP contribution >= 0.6 is 11.3 Å². The second-order valence-corrected chi connectivity index (χ2v) is 3.42. The van der Waals surface area contributed by atoms with Crippen LogP contribution in [0.4, 0.5) is 0 Å². The molecule has 0 atom stereocenters. The largest absolute Gasteiger partial charge is 0.531 e. The molecule has 0 fully saturated rings. The Kier molecular flexibility index (Phi) is 2.02. The zero-order valence-electron chi connectivity index (χ0n) is 6.36. The van der Waals surface area contributed by atoms with Gasteiger partial charge < -0.3 is 9.68 Å². The topological polar surface area (TPSA) is 29.5 Å². The molecule has 1 heterocycles. The van der Waals surface area contributed by atoms with Crippen LogP contribution in [0.1, 0.15) is 0 Å². The number of rotatable bonds is 2. The van der Waals surface area contributed by atoms with E-state index in [1.54, 1.807) is 0 Å². The highest BCUT2D eigenvalue weighted by atomic mass is 32.1. The van der Waals surface area contributed by atoms with Gasteiger partial charge in [0.2, 0.25) is 0 Å². The summed E-state index contributed by atoms with van der Waals surface area (Å²) in [5.41, 5.74) is 0. The van der Waals surface area contributed by atoms with Crippen molar-refractivity contribution in [2.24, 2.45) is 0 Å². The van der Waals surface area contributed by atoms with E-state index in [1.165, 1.54) is 16.0 Å². The van der Waals surface area contributed by atoms with Crippen molar-refractivity contribution in [2.45, 2.75) is 0 Å². The van der Waals surface area contributed by atoms with Gasteiger partial charge in [0, 0.05) is 4.70 Å². The molecular formula is C8H7BO2S. The Morgan fingerprint density at radius 2 is 2.17 bits per heavy atom. The Morgan fingerprint density at radius 1 is 1.33 bits per heavy atom. The fourth-order valence-electron chi connectivity index (χ4n) is 1.09. The van der Waals surface area contributed by atoms with Crippen LogP contribution in [0.5, 0.6) is 5.06 Å². The first-order valence-corrected chi connectivity index (χ1v) is 4.44. The van der Waals surface area contributed by atoms with Gasteiger partial charge in [-0.1, -0.05) is 18.2 Å². The summed E-state index contributed by atoms with van der Waals surface area (Å²) in [4.78, 5) is 0. The van der Waals surface area contributed by atoms with E-state index < -0.39 is 0 Å². The molecule has 2 rings (SSSR count). The maximum Gasteiger partial charge on any atom is 0.504 e. The molecule has 1 N–H and O–H groups in total. The molecule has 0 saturated carbocycles. The first kappa shape index (κ1) is 7.64. The maximum atomic E-state index is 8.53. The molecule has 0 bridgehead atoms. The lowest BCUT2D eigenvalue weighted by molar-refractivity contribution is 0.461. The van der Waals surface area contributed by atoms with Gasteiger partial charge in [-0.25, -0.2) is 0 Å². The molecule has 0 amide bonds. The molecule has 0 saturated heterocycles. The van der Waals surface area contributed by atoms with Crippen LogP contribution in [0.3, 0.4) is 0 Å². The van der Waals surface area contributed by atoms with Gasteiger partial charge in [0.15, 0.2) is 5.06 Å². The van der Waals surface area contributed by atoms with Crippen LogP contribution in [-0.2, 0) is 0 Å². The average molecular weight is 178 g/mol. The Balaban J connectivity index is 2.47. The maximum absolute atomic E-state index is 8.53. The highest BCUT2D eigenvalue weighted by molar-refractivity contribution is 7.20. The summed E-state index contributed by atoms with van der Waals surface area (Å²) < 4.78 is 6.15. The van der Waals surface area contributed by atoms with E-state index in [1.807, 2.05) is 30.3 Å². The molecule has 2 nitrogen and oxygen atoms in total. The van der Waals surface area contributed by atoms with E-state index in [2.05, 4.69) is 0 Å². The molecule has 4 heteroatoms. The summed E-state index contributed by atoms with van der Waals surface area (Å²) in [5, 5.41) is 10.5. The average Bonchev–Trinajstić information content (AvgIpc) is 2.47. The molecule has 2 aromatic rings. The predicted molar refractivity (Wildman–Crippen MR) is 51.8 cm³/mol. The number of benzene rings is 1. The van der Waals surface area contributed by atoms with Crippen LogP contribution < -0.4 is 4.65 Å². The normalized spacial score (nSPS) is 10.1. The Bertz CT molecular complexity index is 352. The highest BCUT2D eigenvalue weighted by Crippen LogP contribution is 2.30. The molecule has 0 radical (unpaired) electrons. The van der Waals surface area contributed by atoms with Crippen LogP contribution in [0.15, 0.2) is 30.3 Å². The van der Waals surface area contributed by atoms with Crippen LogP contribution in [0.25, 0.3) is 10.1 Å². The van der Waals surface area contributed by atoms with Crippen molar-refractivity contribution in [1.29, 1.82) is 0 Å². The fraction of sp³-hybridized carbons (Fsp3) is 0. The Hall–Kier alpha value is -0.995. The zero-order valence-corrected chi connectivity index (χ0v) is 7.17.